The van der Waals surface area contributed by atoms with Crippen LogP contribution in [0.5, 0.6) is 0 Å². The van der Waals surface area contributed by atoms with Gasteiger partial charge in [-0.1, -0.05) is 58.0 Å². The zero-order valence-corrected chi connectivity index (χ0v) is 33.1. The van der Waals surface area contributed by atoms with Crippen molar-refractivity contribution in [2.24, 2.45) is 11.8 Å². The van der Waals surface area contributed by atoms with E-state index >= 15 is 0 Å². The Morgan fingerprint density at radius 2 is 1.19 bits per heavy atom. The van der Waals surface area contributed by atoms with Crippen LogP contribution in [-0.4, -0.2) is 93.1 Å². The first-order valence-corrected chi connectivity index (χ1v) is 19.5. The van der Waals surface area contributed by atoms with Gasteiger partial charge in [0.2, 0.25) is 11.8 Å². The number of benzene rings is 2. The molecule has 5 aromatic rings. The number of nitrogens with zero attached hydrogens (tertiary/aromatic N) is 4. The molecule has 0 radical (unpaired) electrons. The van der Waals surface area contributed by atoms with Crippen LogP contribution in [-0.2, 0) is 19.1 Å². The minimum Gasteiger partial charge on any atom is -0.464 e. The van der Waals surface area contributed by atoms with Gasteiger partial charge in [0, 0.05) is 29.6 Å². The molecule has 3 aromatic heterocycles. The van der Waals surface area contributed by atoms with Crippen molar-refractivity contribution in [1.29, 1.82) is 0 Å². The van der Waals surface area contributed by atoms with Crippen molar-refractivity contribution in [3.05, 3.63) is 72.8 Å². The second kappa shape index (κ2) is 16.5. The van der Waals surface area contributed by atoms with Crippen molar-refractivity contribution in [2.75, 3.05) is 27.3 Å². The van der Waals surface area contributed by atoms with E-state index in [9.17, 15) is 19.2 Å². The molecular formula is C42H50N8O7. The molecule has 15 nitrogen and oxygen atoms in total. The van der Waals surface area contributed by atoms with Gasteiger partial charge in [0.05, 0.1) is 56.3 Å². The topological polar surface area (TPSA) is 188 Å². The van der Waals surface area contributed by atoms with Crippen LogP contribution >= 0.6 is 0 Å². The summed E-state index contributed by atoms with van der Waals surface area (Å²) in [6.45, 7) is 8.74. The third-order valence-electron chi connectivity index (χ3n) is 11.1. The number of rotatable bonds is 11. The van der Waals surface area contributed by atoms with Gasteiger partial charge in [0.1, 0.15) is 29.3 Å². The van der Waals surface area contributed by atoms with Gasteiger partial charge < -0.3 is 44.3 Å². The summed E-state index contributed by atoms with van der Waals surface area (Å²) in [7, 11) is 2.57. The molecular weight excluding hydrogens is 729 g/mol. The average molecular weight is 779 g/mol. The van der Waals surface area contributed by atoms with E-state index in [0.717, 1.165) is 70.3 Å². The van der Waals surface area contributed by atoms with E-state index in [1.807, 2.05) is 70.2 Å². The fourth-order valence-corrected chi connectivity index (χ4v) is 8.03. The highest BCUT2D eigenvalue weighted by molar-refractivity contribution is 6.01. The van der Waals surface area contributed by atoms with Gasteiger partial charge in [-0.3, -0.25) is 9.59 Å². The Morgan fingerprint density at radius 1 is 0.702 bits per heavy atom. The molecule has 5 heterocycles. The van der Waals surface area contributed by atoms with E-state index in [0.29, 0.717) is 24.7 Å². The number of fused-ring (bicyclic) bond motifs is 1. The lowest BCUT2D eigenvalue weighted by Crippen LogP contribution is -2.51. The number of aromatic nitrogens is 4. The van der Waals surface area contributed by atoms with Crippen LogP contribution in [0.1, 0.15) is 77.1 Å². The third-order valence-corrected chi connectivity index (χ3v) is 11.1. The summed E-state index contributed by atoms with van der Waals surface area (Å²) in [5.74, 6) is 0.851. The molecule has 2 saturated heterocycles. The Balaban J connectivity index is 1.07. The van der Waals surface area contributed by atoms with E-state index in [2.05, 4.69) is 25.6 Å². The standard InChI is InChI=1S/C42H50N8O7/c1-23(2)34(47-41(53)55-5)39(51)49-18-7-9-32(49)37-43-21-30(45-37)26-13-11-25(12-14-26)27-15-16-28(29-17-20-57-36(27)29)31-22-44-38(46-31)33-10-8-19-50(33)40(52)35(24(3)4)48-42(54)56-6/h11-17,20-24,32-35H,7-10,18-19H2,1-6H3,(H,43,45)(H,44,46)(H,47,53)(H,48,54)/t32-,33-,34-,35-/m0/s1. The van der Waals surface area contributed by atoms with Gasteiger partial charge in [-0.05, 0) is 60.8 Å². The summed E-state index contributed by atoms with van der Waals surface area (Å²) in [5, 5.41) is 6.31. The zero-order valence-electron chi connectivity index (χ0n) is 33.1. The first-order chi connectivity index (χ1) is 27.5. The summed E-state index contributed by atoms with van der Waals surface area (Å²) in [6.07, 6.45) is 7.18. The van der Waals surface area contributed by atoms with E-state index in [-0.39, 0.29) is 35.7 Å². The van der Waals surface area contributed by atoms with E-state index in [1.165, 1.54) is 14.2 Å². The van der Waals surface area contributed by atoms with Gasteiger partial charge in [-0.2, -0.15) is 0 Å². The summed E-state index contributed by atoms with van der Waals surface area (Å²) < 4.78 is 15.6. The maximum Gasteiger partial charge on any atom is 0.407 e. The largest absolute Gasteiger partial charge is 0.464 e. The number of amides is 4. The third kappa shape index (κ3) is 7.83. The van der Waals surface area contributed by atoms with E-state index in [1.54, 1.807) is 28.5 Å². The number of hydrogen-bond acceptors (Lipinski definition) is 9. The molecule has 0 aliphatic carbocycles. The van der Waals surface area contributed by atoms with Crippen LogP contribution in [0.2, 0.25) is 0 Å². The Morgan fingerprint density at radius 3 is 1.72 bits per heavy atom. The summed E-state index contributed by atoms with van der Waals surface area (Å²) in [6, 6.07) is 12.3. The van der Waals surface area contributed by atoms with Crippen LogP contribution in [0.4, 0.5) is 9.59 Å². The molecule has 57 heavy (non-hydrogen) atoms. The van der Waals surface area contributed by atoms with Gasteiger partial charge in [0.15, 0.2) is 0 Å². The van der Waals surface area contributed by atoms with Crippen molar-refractivity contribution in [2.45, 2.75) is 77.5 Å². The molecule has 2 fully saturated rings. The average Bonchev–Trinajstić information content (AvgIpc) is 4.07. The molecule has 0 saturated carbocycles. The molecule has 15 heteroatoms. The number of H-pyrrole nitrogens is 2. The molecule has 4 N–H and O–H groups in total. The number of ether oxygens (including phenoxy) is 2. The summed E-state index contributed by atoms with van der Waals surface area (Å²) in [4.78, 5) is 71.1. The number of furan rings is 1. The number of alkyl carbamates (subject to hydrolysis) is 2. The summed E-state index contributed by atoms with van der Waals surface area (Å²) >= 11 is 0. The quantitative estimate of drug-likeness (QED) is 0.110. The van der Waals surface area contributed by atoms with Gasteiger partial charge in [-0.15, -0.1) is 0 Å². The van der Waals surface area contributed by atoms with Crippen molar-refractivity contribution in [3.8, 4) is 33.6 Å². The minimum absolute atomic E-state index is 0.116. The van der Waals surface area contributed by atoms with Gasteiger partial charge in [0.25, 0.3) is 0 Å². The van der Waals surface area contributed by atoms with Crippen molar-refractivity contribution < 1.29 is 33.1 Å². The first-order valence-electron chi connectivity index (χ1n) is 19.5. The van der Waals surface area contributed by atoms with Gasteiger partial charge in [-0.25, -0.2) is 19.6 Å². The summed E-state index contributed by atoms with van der Waals surface area (Å²) in [5.41, 5.74) is 6.15. The Bertz CT molecular complexity index is 2240. The minimum atomic E-state index is -0.710. The molecule has 2 aromatic carbocycles. The molecule has 300 valence electrons. The number of hydrogen-bond donors (Lipinski definition) is 4. The van der Waals surface area contributed by atoms with E-state index < -0.39 is 24.3 Å². The lowest BCUT2D eigenvalue weighted by Gasteiger charge is -2.30. The molecule has 4 amide bonds. The van der Waals surface area contributed by atoms with Crippen molar-refractivity contribution in [3.63, 3.8) is 0 Å². The maximum atomic E-state index is 13.6. The first kappa shape index (κ1) is 39.1. The molecule has 0 spiro atoms. The Kier molecular flexibility index (Phi) is 11.4. The number of likely N-dealkylation sites (tertiary alicyclic amines) is 2. The van der Waals surface area contributed by atoms with Crippen LogP contribution < -0.4 is 10.6 Å². The smallest absolute Gasteiger partial charge is 0.407 e. The van der Waals surface area contributed by atoms with E-state index in [4.69, 9.17) is 18.9 Å². The van der Waals surface area contributed by atoms with Crippen molar-refractivity contribution >= 4 is 35.0 Å². The lowest BCUT2D eigenvalue weighted by molar-refractivity contribution is -0.136. The number of nitrogens with one attached hydrogen (secondary N) is 4. The molecule has 7 rings (SSSR count). The highest BCUT2D eigenvalue weighted by Gasteiger charge is 2.39. The monoisotopic (exact) mass is 778 g/mol. The van der Waals surface area contributed by atoms with Crippen LogP contribution in [0, 0.1) is 11.8 Å². The highest BCUT2D eigenvalue weighted by Crippen LogP contribution is 2.39. The number of methoxy groups -OCH3 is 2. The van der Waals surface area contributed by atoms with Crippen LogP contribution in [0.25, 0.3) is 44.6 Å². The second-order valence-electron chi connectivity index (χ2n) is 15.4. The number of carbonyl (C=O) groups is 4. The fraction of sp³-hybridized carbons (Fsp3) is 0.429. The molecule has 0 unspecified atom stereocenters. The highest BCUT2D eigenvalue weighted by atomic mass is 16.5. The lowest BCUT2D eigenvalue weighted by atomic mass is 9.98. The molecule has 4 atom stereocenters. The molecule has 2 aliphatic heterocycles. The van der Waals surface area contributed by atoms with Crippen molar-refractivity contribution in [1.82, 2.24) is 40.4 Å². The number of carbonyl (C=O) groups excluding carboxylic acids is 4. The second-order valence-corrected chi connectivity index (χ2v) is 15.4. The zero-order chi connectivity index (χ0) is 40.4. The number of aromatic amines is 2. The fourth-order valence-electron chi connectivity index (χ4n) is 8.03. The predicted octanol–water partition coefficient (Wildman–Crippen LogP) is 6.97. The number of imidazole rings is 2. The van der Waals surface area contributed by atoms with Crippen LogP contribution in [0.3, 0.4) is 0 Å². The Labute approximate surface area is 330 Å². The molecule has 2 aliphatic rings. The van der Waals surface area contributed by atoms with Crippen LogP contribution in [0.15, 0.2) is 65.5 Å². The predicted molar refractivity (Wildman–Crippen MR) is 213 cm³/mol. The molecule has 0 bridgehead atoms. The SMILES string of the molecule is COC(=O)N[C@H](C(=O)N1CCC[C@H]1c1ncc(-c2ccc(-c3ccc(-c4cnc([C@@H]5CCCN5C(=O)[C@@H](NC(=O)OC)C(C)C)[nH]4)c4ccoc34)cc2)[nH]1)C(C)C. The van der Waals surface area contributed by atoms with Gasteiger partial charge >= 0.3 is 12.2 Å². The maximum absolute atomic E-state index is 13.6. The normalized spacial score (nSPS) is 18.0. The Hall–Kier alpha value is -6.12.